The predicted octanol–water partition coefficient (Wildman–Crippen LogP) is 5.07. The van der Waals surface area contributed by atoms with E-state index in [2.05, 4.69) is 0 Å². The summed E-state index contributed by atoms with van der Waals surface area (Å²) in [5.74, 6) is -1.05. The van der Waals surface area contributed by atoms with Gasteiger partial charge < -0.3 is 0 Å². The summed E-state index contributed by atoms with van der Waals surface area (Å²) in [7, 11) is -3.61. The van der Waals surface area contributed by atoms with E-state index in [1.165, 1.54) is 29.5 Å². The Kier molecular flexibility index (Phi) is 4.27. The third-order valence-corrected chi connectivity index (χ3v) is 5.65. The van der Waals surface area contributed by atoms with Gasteiger partial charge in [0.15, 0.2) is 9.84 Å². The fraction of sp³-hybridized carbons (Fsp3) is 0.111. The Bertz CT molecular complexity index is 1020. The van der Waals surface area contributed by atoms with Crippen molar-refractivity contribution in [3.63, 3.8) is 0 Å². The van der Waals surface area contributed by atoms with Crippen LogP contribution >= 0.6 is 11.3 Å². The van der Waals surface area contributed by atoms with Crippen LogP contribution in [0.15, 0.2) is 52.1 Å². The molecule has 0 fully saturated rings. The number of sulfone groups is 1. The molecule has 0 aliphatic rings. The van der Waals surface area contributed by atoms with Gasteiger partial charge in [0, 0.05) is 17.4 Å². The van der Waals surface area contributed by atoms with Crippen LogP contribution in [-0.2, 0) is 9.84 Å². The minimum atomic E-state index is -3.61. The van der Waals surface area contributed by atoms with Gasteiger partial charge in [-0.25, -0.2) is 17.2 Å². The summed E-state index contributed by atoms with van der Waals surface area (Å²) in [6, 6.07) is 8.90. The summed E-state index contributed by atoms with van der Waals surface area (Å²) >= 11 is 1.45. The average Bonchev–Trinajstić information content (AvgIpc) is 2.98. The number of benzene rings is 2. The maximum absolute atomic E-state index is 14.2. The van der Waals surface area contributed by atoms with E-state index < -0.39 is 15.7 Å². The molecule has 0 unspecified atom stereocenters. The molecule has 0 aliphatic carbocycles. The Balaban J connectivity index is 2.11. The molecule has 24 heavy (non-hydrogen) atoms. The van der Waals surface area contributed by atoms with E-state index in [0.29, 0.717) is 11.1 Å². The summed E-state index contributed by atoms with van der Waals surface area (Å²) in [6.45, 7) is 1.69. The summed E-state index contributed by atoms with van der Waals surface area (Å²) in [5.41, 5.74) is 3.58. The quantitative estimate of drug-likeness (QED) is 0.650. The van der Waals surface area contributed by atoms with Gasteiger partial charge in [0.05, 0.1) is 0 Å². The normalized spacial score (nSPS) is 11.7. The molecule has 0 radical (unpaired) electrons. The molecule has 3 aromatic rings. The Morgan fingerprint density at radius 3 is 2.00 bits per heavy atom. The molecule has 6 heteroatoms. The Morgan fingerprint density at radius 2 is 1.46 bits per heavy atom. The molecule has 0 N–H and O–H groups in total. The minimum Gasteiger partial charge on any atom is -0.224 e. The Morgan fingerprint density at radius 1 is 0.875 bits per heavy atom. The maximum atomic E-state index is 14.2. The molecular formula is C18H14F2O2S2. The fourth-order valence-corrected chi connectivity index (χ4v) is 4.12. The average molecular weight is 364 g/mol. The van der Waals surface area contributed by atoms with E-state index in [1.54, 1.807) is 25.1 Å². The molecule has 124 valence electrons. The lowest BCUT2D eigenvalue weighted by Gasteiger charge is -2.08. The third kappa shape index (κ3) is 3.12. The van der Waals surface area contributed by atoms with Gasteiger partial charge in [0.1, 0.15) is 16.5 Å². The van der Waals surface area contributed by atoms with Crippen LogP contribution in [0.1, 0.15) is 5.56 Å². The number of rotatable bonds is 3. The van der Waals surface area contributed by atoms with Crippen molar-refractivity contribution >= 4 is 21.2 Å². The lowest BCUT2D eigenvalue weighted by molar-refractivity contribution is 0.571. The number of hydrogen-bond acceptors (Lipinski definition) is 3. The van der Waals surface area contributed by atoms with Crippen LogP contribution in [0.4, 0.5) is 8.78 Å². The highest BCUT2D eigenvalue weighted by molar-refractivity contribution is 7.90. The van der Waals surface area contributed by atoms with Crippen molar-refractivity contribution in [1.82, 2.24) is 0 Å². The van der Waals surface area contributed by atoms with Crippen molar-refractivity contribution in [3.05, 3.63) is 64.4 Å². The second kappa shape index (κ2) is 6.11. The van der Waals surface area contributed by atoms with Crippen molar-refractivity contribution in [2.75, 3.05) is 6.26 Å². The standard InChI is InChI=1S/C18H14F2O2S2/c1-11-7-12(3-5-16(11)19)14-9-23-10-15(14)13-4-6-18(17(20)8-13)24(2,21)22/h3-10H,1-2H3. The van der Waals surface area contributed by atoms with Crippen LogP contribution in [0.25, 0.3) is 22.3 Å². The Hall–Kier alpha value is -2.05. The highest BCUT2D eigenvalue weighted by atomic mass is 32.2. The first-order valence-corrected chi connectivity index (χ1v) is 9.93. The topological polar surface area (TPSA) is 34.1 Å². The van der Waals surface area contributed by atoms with Crippen LogP contribution in [-0.4, -0.2) is 14.7 Å². The van der Waals surface area contributed by atoms with E-state index in [9.17, 15) is 17.2 Å². The van der Waals surface area contributed by atoms with Crippen molar-refractivity contribution < 1.29 is 17.2 Å². The second-order valence-corrected chi connectivity index (χ2v) is 8.31. The zero-order chi connectivity index (χ0) is 17.5. The number of thiophene rings is 1. The number of halogens is 2. The summed E-state index contributed by atoms with van der Waals surface area (Å²) in [5, 5.41) is 3.77. The van der Waals surface area contributed by atoms with Crippen LogP contribution in [0.5, 0.6) is 0 Å². The molecule has 0 saturated carbocycles. The van der Waals surface area contributed by atoms with Crippen molar-refractivity contribution in [2.24, 2.45) is 0 Å². The molecule has 1 heterocycles. The second-order valence-electron chi connectivity index (χ2n) is 5.58. The van der Waals surface area contributed by atoms with Gasteiger partial charge in [-0.1, -0.05) is 12.1 Å². The number of hydrogen-bond donors (Lipinski definition) is 0. The van der Waals surface area contributed by atoms with E-state index in [0.717, 1.165) is 22.9 Å². The molecule has 0 saturated heterocycles. The maximum Gasteiger partial charge on any atom is 0.178 e. The zero-order valence-electron chi connectivity index (χ0n) is 13.0. The van der Waals surface area contributed by atoms with Gasteiger partial charge in [0.25, 0.3) is 0 Å². The van der Waals surface area contributed by atoms with Crippen LogP contribution in [0.3, 0.4) is 0 Å². The lowest BCUT2D eigenvalue weighted by atomic mass is 9.98. The molecular weight excluding hydrogens is 350 g/mol. The molecule has 2 nitrogen and oxygen atoms in total. The zero-order valence-corrected chi connectivity index (χ0v) is 14.6. The molecule has 0 atom stereocenters. The van der Waals surface area contributed by atoms with Gasteiger partial charge in [0.2, 0.25) is 0 Å². The molecule has 0 bridgehead atoms. The smallest absolute Gasteiger partial charge is 0.178 e. The summed E-state index contributed by atoms with van der Waals surface area (Å²) in [6.07, 6.45) is 0.975. The highest BCUT2D eigenvalue weighted by Crippen LogP contribution is 2.36. The molecule has 0 aliphatic heterocycles. The molecule has 0 amide bonds. The first kappa shape index (κ1) is 16.8. The first-order valence-electron chi connectivity index (χ1n) is 7.10. The largest absolute Gasteiger partial charge is 0.224 e. The molecule has 3 rings (SSSR count). The van der Waals surface area contributed by atoms with Crippen molar-refractivity contribution in [2.45, 2.75) is 11.8 Å². The van der Waals surface area contributed by atoms with Gasteiger partial charge in [-0.15, -0.1) is 0 Å². The van der Waals surface area contributed by atoms with Crippen molar-refractivity contribution in [1.29, 1.82) is 0 Å². The minimum absolute atomic E-state index is 0.279. The van der Waals surface area contributed by atoms with Crippen molar-refractivity contribution in [3.8, 4) is 22.3 Å². The van der Waals surface area contributed by atoms with Crippen LogP contribution in [0.2, 0.25) is 0 Å². The summed E-state index contributed by atoms with van der Waals surface area (Å²) < 4.78 is 50.7. The Labute approximate surface area is 143 Å². The van der Waals surface area contributed by atoms with E-state index >= 15 is 0 Å². The van der Waals surface area contributed by atoms with E-state index in [4.69, 9.17) is 0 Å². The van der Waals surface area contributed by atoms with Crippen LogP contribution < -0.4 is 0 Å². The number of aryl methyl sites for hydroxylation is 1. The van der Waals surface area contributed by atoms with Crippen LogP contribution in [0, 0.1) is 18.6 Å². The highest BCUT2D eigenvalue weighted by Gasteiger charge is 2.16. The fourth-order valence-electron chi connectivity index (χ4n) is 2.53. The third-order valence-electron chi connectivity index (χ3n) is 3.77. The SMILES string of the molecule is Cc1cc(-c2cscc2-c2ccc(S(C)(=O)=O)c(F)c2)ccc1F. The lowest BCUT2D eigenvalue weighted by Crippen LogP contribution is -2.00. The van der Waals surface area contributed by atoms with Gasteiger partial charge in [-0.2, -0.15) is 11.3 Å². The van der Waals surface area contributed by atoms with E-state index in [1.807, 2.05) is 10.8 Å². The van der Waals surface area contributed by atoms with E-state index in [-0.39, 0.29) is 10.7 Å². The van der Waals surface area contributed by atoms with Gasteiger partial charge in [-0.3, -0.25) is 0 Å². The van der Waals surface area contributed by atoms with Gasteiger partial charge in [-0.05, 0) is 58.6 Å². The summed E-state index contributed by atoms with van der Waals surface area (Å²) in [4.78, 5) is -0.319. The predicted molar refractivity (Wildman–Crippen MR) is 93.0 cm³/mol. The first-order chi connectivity index (χ1) is 11.3. The molecule has 2 aromatic carbocycles. The molecule has 0 spiro atoms. The van der Waals surface area contributed by atoms with Gasteiger partial charge >= 0.3 is 0 Å². The molecule has 1 aromatic heterocycles. The monoisotopic (exact) mass is 364 g/mol.